The second-order valence-corrected chi connectivity index (χ2v) is 5.52. The lowest BCUT2D eigenvalue weighted by Crippen LogP contribution is -2.30. The Hall–Kier alpha value is -2.89. The molecule has 1 aliphatic rings. The number of fused-ring (bicyclic) bond motifs is 1. The molecule has 0 fully saturated rings. The van der Waals surface area contributed by atoms with Crippen molar-refractivity contribution in [1.82, 2.24) is 0 Å². The Morgan fingerprint density at radius 3 is 2.54 bits per heavy atom. The number of ether oxygens (including phenoxy) is 4. The molecule has 1 heterocycles. The van der Waals surface area contributed by atoms with Crippen molar-refractivity contribution in [2.45, 2.75) is 25.7 Å². The maximum atomic E-state index is 10.7. The molecule has 126 valence electrons. The van der Waals surface area contributed by atoms with Gasteiger partial charge in [-0.05, 0) is 42.3 Å². The fourth-order valence-corrected chi connectivity index (χ4v) is 2.61. The molecule has 3 rings (SSSR count). The van der Waals surface area contributed by atoms with Crippen LogP contribution in [0.4, 0.5) is 4.79 Å². The van der Waals surface area contributed by atoms with Gasteiger partial charge in [0.05, 0.1) is 7.11 Å². The first kappa shape index (κ1) is 16.0. The highest BCUT2D eigenvalue weighted by atomic mass is 16.6. The average molecular weight is 329 g/mol. The topological polar surface area (TPSA) is 80.0 Å². The molecule has 0 spiro atoms. The lowest BCUT2D eigenvalue weighted by Gasteiger charge is -2.32. The monoisotopic (exact) mass is 329 g/mol. The molecule has 0 bridgehead atoms. The number of hydrogen-bond donors (Lipinski definition) is 1. The zero-order chi connectivity index (χ0) is 17.1. The van der Waals surface area contributed by atoms with Gasteiger partial charge in [0, 0.05) is 0 Å². The van der Waals surface area contributed by atoms with Gasteiger partial charge in [-0.1, -0.05) is 18.2 Å². The van der Waals surface area contributed by atoms with Crippen molar-refractivity contribution in [3.8, 4) is 17.2 Å². The fourth-order valence-electron chi connectivity index (χ4n) is 2.61. The van der Waals surface area contributed by atoms with Gasteiger partial charge >= 0.3 is 6.09 Å². The normalized spacial score (nSPS) is 18.8. The van der Waals surface area contributed by atoms with Gasteiger partial charge in [0.1, 0.15) is 18.5 Å². The van der Waals surface area contributed by atoms with Crippen LogP contribution in [0.25, 0.3) is 0 Å². The van der Waals surface area contributed by atoms with Crippen molar-refractivity contribution in [3.63, 3.8) is 0 Å². The van der Waals surface area contributed by atoms with Gasteiger partial charge in [-0.15, -0.1) is 0 Å². The van der Waals surface area contributed by atoms with Gasteiger partial charge in [-0.2, -0.15) is 0 Å². The number of nitrogens with two attached hydrogens (primary N) is 1. The standard InChI is InChI=1S/C18H19NO5/c1-11-17(13-4-6-14(21-2)7-5-13)24-15-8-3-12(9-16(15)23-11)10-22-18(19)20/h3-9,11,17H,10H2,1-2H3,(H2,19,20). The molecule has 0 aromatic heterocycles. The summed E-state index contributed by atoms with van der Waals surface area (Å²) in [6.07, 6.45) is -1.19. The average Bonchev–Trinajstić information content (AvgIpc) is 2.59. The maximum Gasteiger partial charge on any atom is 0.404 e. The summed E-state index contributed by atoms with van der Waals surface area (Å²) in [6, 6.07) is 13.1. The van der Waals surface area contributed by atoms with Gasteiger partial charge in [0.2, 0.25) is 0 Å². The maximum absolute atomic E-state index is 10.7. The van der Waals surface area contributed by atoms with E-state index in [-0.39, 0.29) is 18.8 Å². The lowest BCUT2D eigenvalue weighted by atomic mass is 10.0. The van der Waals surface area contributed by atoms with E-state index in [0.29, 0.717) is 11.5 Å². The van der Waals surface area contributed by atoms with Crippen molar-refractivity contribution in [2.24, 2.45) is 5.73 Å². The molecule has 2 unspecified atom stereocenters. The van der Waals surface area contributed by atoms with E-state index < -0.39 is 6.09 Å². The Morgan fingerprint density at radius 1 is 1.12 bits per heavy atom. The van der Waals surface area contributed by atoms with Crippen molar-refractivity contribution in [2.75, 3.05) is 7.11 Å². The van der Waals surface area contributed by atoms with Gasteiger partial charge in [0.15, 0.2) is 17.6 Å². The number of amides is 1. The van der Waals surface area contributed by atoms with E-state index in [2.05, 4.69) is 0 Å². The Labute approximate surface area is 140 Å². The number of carbonyl (C=O) groups excluding carboxylic acids is 1. The molecule has 24 heavy (non-hydrogen) atoms. The molecular weight excluding hydrogens is 310 g/mol. The second-order valence-electron chi connectivity index (χ2n) is 5.52. The Morgan fingerprint density at radius 2 is 1.88 bits per heavy atom. The van der Waals surface area contributed by atoms with E-state index in [1.54, 1.807) is 19.2 Å². The molecule has 2 N–H and O–H groups in total. The van der Waals surface area contributed by atoms with Crippen LogP contribution in [0.3, 0.4) is 0 Å². The third-order valence-corrected chi connectivity index (χ3v) is 3.83. The van der Waals surface area contributed by atoms with E-state index in [1.165, 1.54) is 0 Å². The minimum atomic E-state index is -0.808. The summed E-state index contributed by atoms with van der Waals surface area (Å²) in [4.78, 5) is 10.7. The summed E-state index contributed by atoms with van der Waals surface area (Å²) >= 11 is 0. The molecule has 0 radical (unpaired) electrons. The van der Waals surface area contributed by atoms with Crippen molar-refractivity contribution < 1.29 is 23.7 Å². The first-order valence-corrected chi connectivity index (χ1v) is 7.59. The summed E-state index contributed by atoms with van der Waals surface area (Å²) < 4.78 is 22.0. The van der Waals surface area contributed by atoms with Gasteiger partial charge in [0.25, 0.3) is 0 Å². The Bertz CT molecular complexity index is 729. The van der Waals surface area contributed by atoms with Gasteiger partial charge in [-0.3, -0.25) is 0 Å². The first-order valence-electron chi connectivity index (χ1n) is 7.59. The molecule has 0 aliphatic carbocycles. The second kappa shape index (κ2) is 6.70. The van der Waals surface area contributed by atoms with Crippen LogP contribution in [0.2, 0.25) is 0 Å². The van der Waals surface area contributed by atoms with Crippen LogP contribution < -0.4 is 19.9 Å². The largest absolute Gasteiger partial charge is 0.497 e. The van der Waals surface area contributed by atoms with Crippen LogP contribution in [0, 0.1) is 0 Å². The fraction of sp³-hybridized carbons (Fsp3) is 0.278. The highest BCUT2D eigenvalue weighted by molar-refractivity contribution is 5.64. The molecule has 0 saturated heterocycles. The van der Waals surface area contributed by atoms with E-state index in [0.717, 1.165) is 16.9 Å². The highest BCUT2D eigenvalue weighted by Gasteiger charge is 2.29. The molecule has 6 heteroatoms. The highest BCUT2D eigenvalue weighted by Crippen LogP contribution is 2.40. The molecule has 2 aromatic carbocycles. The number of hydrogen-bond acceptors (Lipinski definition) is 5. The number of carbonyl (C=O) groups is 1. The van der Waals surface area contributed by atoms with Crippen LogP contribution in [-0.4, -0.2) is 19.3 Å². The lowest BCUT2D eigenvalue weighted by molar-refractivity contribution is 0.0304. The van der Waals surface area contributed by atoms with Crippen LogP contribution in [0.5, 0.6) is 17.2 Å². The van der Waals surface area contributed by atoms with Crippen molar-refractivity contribution >= 4 is 6.09 Å². The Balaban J connectivity index is 1.78. The minimum absolute atomic E-state index is 0.0995. The van der Waals surface area contributed by atoms with E-state index in [4.69, 9.17) is 24.7 Å². The smallest absolute Gasteiger partial charge is 0.404 e. The van der Waals surface area contributed by atoms with Crippen molar-refractivity contribution in [1.29, 1.82) is 0 Å². The third kappa shape index (κ3) is 3.37. The van der Waals surface area contributed by atoms with Crippen LogP contribution in [0.15, 0.2) is 42.5 Å². The number of benzene rings is 2. The van der Waals surface area contributed by atoms with Gasteiger partial charge < -0.3 is 24.7 Å². The first-order chi connectivity index (χ1) is 11.6. The Kier molecular flexibility index (Phi) is 4.46. The van der Waals surface area contributed by atoms with Crippen LogP contribution >= 0.6 is 0 Å². The summed E-state index contributed by atoms with van der Waals surface area (Å²) in [6.45, 7) is 2.05. The van der Waals surface area contributed by atoms with Crippen LogP contribution in [-0.2, 0) is 11.3 Å². The van der Waals surface area contributed by atoms with E-state index >= 15 is 0 Å². The summed E-state index contributed by atoms with van der Waals surface area (Å²) in [5, 5.41) is 0. The zero-order valence-corrected chi connectivity index (χ0v) is 13.5. The summed E-state index contributed by atoms with van der Waals surface area (Å²) in [5.74, 6) is 2.07. The van der Waals surface area contributed by atoms with Crippen molar-refractivity contribution in [3.05, 3.63) is 53.6 Å². The molecular formula is C18H19NO5. The SMILES string of the molecule is COc1ccc(C2Oc3ccc(COC(N)=O)cc3OC2C)cc1. The number of methoxy groups -OCH3 is 1. The zero-order valence-electron chi connectivity index (χ0n) is 13.5. The summed E-state index contributed by atoms with van der Waals surface area (Å²) in [7, 11) is 1.63. The molecule has 2 aromatic rings. The minimum Gasteiger partial charge on any atom is -0.497 e. The molecule has 0 saturated carbocycles. The van der Waals surface area contributed by atoms with E-state index in [1.807, 2.05) is 37.3 Å². The molecule has 6 nitrogen and oxygen atoms in total. The predicted octanol–water partition coefficient (Wildman–Crippen LogP) is 3.19. The molecule has 2 atom stereocenters. The summed E-state index contributed by atoms with van der Waals surface area (Å²) in [5.41, 5.74) is 6.77. The molecule has 1 amide bonds. The van der Waals surface area contributed by atoms with E-state index in [9.17, 15) is 4.79 Å². The predicted molar refractivity (Wildman–Crippen MR) is 87.3 cm³/mol. The third-order valence-electron chi connectivity index (χ3n) is 3.83. The quantitative estimate of drug-likeness (QED) is 0.932. The van der Waals surface area contributed by atoms with Gasteiger partial charge in [-0.25, -0.2) is 4.79 Å². The molecule has 1 aliphatic heterocycles. The van der Waals surface area contributed by atoms with Crippen LogP contribution in [0.1, 0.15) is 24.2 Å². The number of rotatable bonds is 4. The number of primary amides is 1.